The third kappa shape index (κ3) is 6.10. The van der Waals surface area contributed by atoms with Crippen molar-refractivity contribution in [2.45, 2.75) is 55.7 Å². The highest BCUT2D eigenvalue weighted by Gasteiger charge is 2.59. The Morgan fingerprint density at radius 3 is 2.64 bits per heavy atom. The first kappa shape index (κ1) is 26.0. The van der Waals surface area contributed by atoms with Gasteiger partial charge < -0.3 is 34.5 Å². The van der Waals surface area contributed by atoms with Crippen LogP contribution in [0.2, 0.25) is 0 Å². The summed E-state index contributed by atoms with van der Waals surface area (Å²) in [6, 6.07) is -0.882. The third-order valence-electron chi connectivity index (χ3n) is 5.60. The Labute approximate surface area is 195 Å². The summed E-state index contributed by atoms with van der Waals surface area (Å²) in [6.07, 6.45) is -3.40. The number of ether oxygens (including phenoxy) is 4. The first-order valence-electron chi connectivity index (χ1n) is 10.7. The number of rotatable bonds is 12. The molecular weight excluding hydrogens is 460 g/mol. The van der Waals surface area contributed by atoms with Gasteiger partial charge in [0.1, 0.15) is 29.6 Å². The Morgan fingerprint density at radius 2 is 1.94 bits per heavy atom. The SMILES string of the molecule is CC(=O)CSC1CC(=O)N(CCOCCOC[C@@]23CO[C@@H](O2)[C@@H](NC(C)=O)[C@@H](O)[C@H]3O)C1=O. The number of nitrogens with one attached hydrogen (secondary N) is 1. The van der Waals surface area contributed by atoms with Gasteiger partial charge in [0.2, 0.25) is 17.7 Å². The van der Waals surface area contributed by atoms with Gasteiger partial charge in [-0.1, -0.05) is 0 Å². The summed E-state index contributed by atoms with van der Waals surface area (Å²) in [4.78, 5) is 47.8. The molecule has 12 nitrogen and oxygen atoms in total. The molecule has 6 atom stereocenters. The fourth-order valence-electron chi connectivity index (χ4n) is 3.93. The number of hydrogen-bond donors (Lipinski definition) is 3. The summed E-state index contributed by atoms with van der Waals surface area (Å²) in [6.45, 7) is 3.24. The molecule has 0 aromatic rings. The first-order chi connectivity index (χ1) is 15.6. The van der Waals surface area contributed by atoms with Gasteiger partial charge in [0.25, 0.3) is 0 Å². The Balaban J connectivity index is 1.34. The fraction of sp³-hybridized carbons (Fsp3) is 0.800. The summed E-state index contributed by atoms with van der Waals surface area (Å²) in [7, 11) is 0. The number of amides is 3. The lowest BCUT2D eigenvalue weighted by Gasteiger charge is -2.42. The van der Waals surface area contributed by atoms with Crippen LogP contribution >= 0.6 is 11.8 Å². The molecule has 186 valence electrons. The maximum atomic E-state index is 12.3. The topological polar surface area (TPSA) is 161 Å². The van der Waals surface area contributed by atoms with Crippen LogP contribution in [0, 0.1) is 0 Å². The van der Waals surface area contributed by atoms with E-state index in [0.29, 0.717) is 0 Å². The highest BCUT2D eigenvalue weighted by molar-refractivity contribution is 8.01. The number of likely N-dealkylation sites (tertiary alicyclic amines) is 1. The molecule has 0 aliphatic carbocycles. The van der Waals surface area contributed by atoms with Crippen molar-refractivity contribution in [2.24, 2.45) is 0 Å². The summed E-state index contributed by atoms with van der Waals surface area (Å²) in [5.74, 6) is -0.818. The smallest absolute Gasteiger partial charge is 0.242 e. The van der Waals surface area contributed by atoms with E-state index in [1.807, 2.05) is 0 Å². The van der Waals surface area contributed by atoms with Crippen molar-refractivity contribution in [1.29, 1.82) is 0 Å². The molecule has 0 aromatic carbocycles. The Hall–Kier alpha value is -1.61. The molecule has 3 heterocycles. The average Bonchev–Trinajstić information content (AvgIpc) is 3.28. The van der Waals surface area contributed by atoms with E-state index in [2.05, 4.69) is 5.32 Å². The van der Waals surface area contributed by atoms with Crippen LogP contribution in [-0.2, 0) is 38.1 Å². The molecule has 3 amide bonds. The lowest BCUT2D eigenvalue weighted by Crippen LogP contribution is -2.66. The number of imide groups is 1. The highest BCUT2D eigenvalue weighted by Crippen LogP contribution is 2.37. The van der Waals surface area contributed by atoms with E-state index in [-0.39, 0.29) is 75.3 Å². The number of Topliss-reactive ketones (excluding diaryl/α,β-unsaturated/α-hetero) is 1. The second kappa shape index (κ2) is 11.2. The minimum Gasteiger partial charge on any atom is -0.388 e. The van der Waals surface area contributed by atoms with Gasteiger partial charge in [0.05, 0.1) is 50.6 Å². The van der Waals surface area contributed by atoms with E-state index in [9.17, 15) is 29.4 Å². The standard InChI is InChI=1S/C20H30N2O10S/c1-11(23)8-33-13-7-14(25)22(18(13)28)3-4-29-5-6-30-9-20-10-31-19(32-20)15(21-12(2)24)16(26)17(20)27/h13,15-17,19,26-27H,3-10H2,1-2H3,(H,21,24)/t13?,15-,16+,17+,19-,20-/m0/s1. The Morgan fingerprint density at radius 1 is 1.21 bits per heavy atom. The van der Waals surface area contributed by atoms with Crippen LogP contribution in [0.15, 0.2) is 0 Å². The van der Waals surface area contributed by atoms with E-state index < -0.39 is 35.4 Å². The minimum atomic E-state index is -1.32. The van der Waals surface area contributed by atoms with Crippen LogP contribution in [-0.4, -0.2) is 119 Å². The van der Waals surface area contributed by atoms with Crippen molar-refractivity contribution in [3.05, 3.63) is 0 Å². The zero-order valence-corrected chi connectivity index (χ0v) is 19.4. The molecule has 1 unspecified atom stereocenters. The van der Waals surface area contributed by atoms with Crippen LogP contribution in [0.1, 0.15) is 20.3 Å². The molecule has 0 aromatic heterocycles. The van der Waals surface area contributed by atoms with Crippen molar-refractivity contribution >= 4 is 35.3 Å². The van der Waals surface area contributed by atoms with Crippen molar-refractivity contribution in [1.82, 2.24) is 10.2 Å². The molecule has 3 rings (SSSR count). The van der Waals surface area contributed by atoms with Gasteiger partial charge >= 0.3 is 0 Å². The van der Waals surface area contributed by atoms with E-state index in [0.717, 1.165) is 4.90 Å². The summed E-state index contributed by atoms with van der Waals surface area (Å²) in [5, 5.41) is 22.8. The summed E-state index contributed by atoms with van der Waals surface area (Å²) >= 11 is 1.18. The molecule has 3 aliphatic heterocycles. The van der Waals surface area contributed by atoms with Crippen LogP contribution in [0.25, 0.3) is 0 Å². The average molecular weight is 491 g/mol. The van der Waals surface area contributed by atoms with Crippen LogP contribution in [0.3, 0.4) is 0 Å². The lowest BCUT2D eigenvalue weighted by atomic mass is 9.88. The number of aliphatic hydroxyl groups is 2. The van der Waals surface area contributed by atoms with Gasteiger partial charge in [-0.3, -0.25) is 24.1 Å². The molecular formula is C20H30N2O10S. The minimum absolute atomic E-state index is 0.00513. The van der Waals surface area contributed by atoms with E-state index in [1.165, 1.54) is 25.6 Å². The molecule has 3 aliphatic rings. The van der Waals surface area contributed by atoms with Gasteiger partial charge in [0.15, 0.2) is 6.29 Å². The third-order valence-corrected chi connectivity index (χ3v) is 6.95. The number of carbonyl (C=O) groups excluding carboxylic acids is 4. The second-order valence-electron chi connectivity index (χ2n) is 8.28. The number of hydrogen-bond acceptors (Lipinski definition) is 11. The van der Waals surface area contributed by atoms with E-state index in [1.54, 1.807) is 0 Å². The first-order valence-corrected chi connectivity index (χ1v) is 11.7. The number of ketones is 1. The molecule has 0 spiro atoms. The quantitative estimate of drug-likeness (QED) is 0.201. The van der Waals surface area contributed by atoms with Crippen LogP contribution in [0.4, 0.5) is 0 Å². The van der Waals surface area contributed by atoms with Gasteiger partial charge in [-0.15, -0.1) is 11.8 Å². The second-order valence-corrected chi connectivity index (χ2v) is 9.47. The zero-order chi connectivity index (χ0) is 24.2. The molecule has 0 radical (unpaired) electrons. The van der Waals surface area contributed by atoms with Crippen molar-refractivity contribution < 1.29 is 48.3 Å². The van der Waals surface area contributed by atoms with Gasteiger partial charge in [0, 0.05) is 13.3 Å². The molecule has 3 fully saturated rings. The van der Waals surface area contributed by atoms with Crippen LogP contribution in [0.5, 0.6) is 0 Å². The number of nitrogens with zero attached hydrogens (tertiary/aromatic N) is 1. The number of aliphatic hydroxyl groups excluding tert-OH is 2. The zero-order valence-electron chi connectivity index (χ0n) is 18.6. The maximum Gasteiger partial charge on any atom is 0.242 e. The predicted octanol–water partition coefficient (Wildman–Crippen LogP) is -2.18. The van der Waals surface area contributed by atoms with E-state index >= 15 is 0 Å². The van der Waals surface area contributed by atoms with Gasteiger partial charge in [-0.25, -0.2) is 0 Å². The van der Waals surface area contributed by atoms with Crippen molar-refractivity contribution in [3.8, 4) is 0 Å². The molecule has 3 saturated heterocycles. The number of fused-ring (bicyclic) bond motifs is 2. The molecule has 3 N–H and O–H groups in total. The molecule has 2 bridgehead atoms. The summed E-state index contributed by atoms with van der Waals surface area (Å²) < 4.78 is 22.2. The fourth-order valence-corrected chi connectivity index (χ4v) is 4.90. The highest BCUT2D eigenvalue weighted by atomic mass is 32.2. The van der Waals surface area contributed by atoms with Crippen molar-refractivity contribution in [2.75, 3.05) is 45.3 Å². The monoisotopic (exact) mass is 490 g/mol. The van der Waals surface area contributed by atoms with E-state index in [4.69, 9.17) is 18.9 Å². The van der Waals surface area contributed by atoms with Crippen LogP contribution < -0.4 is 5.32 Å². The summed E-state index contributed by atoms with van der Waals surface area (Å²) in [5.41, 5.74) is -1.25. The lowest BCUT2D eigenvalue weighted by molar-refractivity contribution is -0.238. The Bertz CT molecular complexity index is 767. The molecule has 33 heavy (non-hydrogen) atoms. The molecule has 13 heteroatoms. The normalized spacial score (nSPS) is 33.6. The van der Waals surface area contributed by atoms with Crippen molar-refractivity contribution in [3.63, 3.8) is 0 Å². The molecule has 0 saturated carbocycles. The Kier molecular flexibility index (Phi) is 8.83. The number of carbonyl (C=O) groups is 4. The van der Waals surface area contributed by atoms with Gasteiger partial charge in [-0.2, -0.15) is 0 Å². The maximum absolute atomic E-state index is 12.3. The number of thioether (sulfide) groups is 1. The van der Waals surface area contributed by atoms with Gasteiger partial charge in [-0.05, 0) is 6.92 Å². The predicted molar refractivity (Wildman–Crippen MR) is 113 cm³/mol. The largest absolute Gasteiger partial charge is 0.388 e.